The van der Waals surface area contributed by atoms with Crippen LogP contribution in [-0.2, 0) is 9.53 Å². The summed E-state index contributed by atoms with van der Waals surface area (Å²) in [5.74, 6) is 1.46. The molecule has 0 bridgehead atoms. The largest absolute Gasteiger partial charge is 0.444 e. The van der Waals surface area contributed by atoms with E-state index in [0.717, 1.165) is 66.7 Å². The molecule has 0 aliphatic carbocycles. The van der Waals surface area contributed by atoms with Gasteiger partial charge in [-0.25, -0.2) is 19.7 Å². The number of piperazine rings is 1. The molecule has 0 unspecified atom stereocenters. The van der Waals surface area contributed by atoms with Gasteiger partial charge in [-0.1, -0.05) is 0 Å². The van der Waals surface area contributed by atoms with Gasteiger partial charge in [-0.3, -0.25) is 0 Å². The van der Waals surface area contributed by atoms with Crippen molar-refractivity contribution < 1.29 is 14.3 Å². The lowest BCUT2D eigenvalue weighted by atomic mass is 10.2. The summed E-state index contributed by atoms with van der Waals surface area (Å²) in [5, 5.41) is 6.38. The van der Waals surface area contributed by atoms with Gasteiger partial charge in [0.25, 0.3) is 0 Å². The number of aldehydes is 1. The molecule has 2 aromatic heterocycles. The minimum absolute atomic E-state index is 0.264. The van der Waals surface area contributed by atoms with Crippen LogP contribution in [0.1, 0.15) is 51.3 Å². The number of carbonyl (C=O) groups is 2. The van der Waals surface area contributed by atoms with Crippen LogP contribution in [0.3, 0.4) is 0 Å². The second-order valence-electron chi connectivity index (χ2n) is 10.5. The molecule has 3 heterocycles. The predicted octanol–water partition coefficient (Wildman–Crippen LogP) is 3.99. The highest BCUT2D eigenvalue weighted by atomic mass is 32.1. The molecule has 11 heteroatoms. The van der Waals surface area contributed by atoms with Crippen LogP contribution in [0.15, 0.2) is 5.38 Å². The van der Waals surface area contributed by atoms with Gasteiger partial charge >= 0.3 is 6.09 Å². The third kappa shape index (κ3) is 8.63. The van der Waals surface area contributed by atoms with E-state index in [1.54, 1.807) is 16.2 Å². The Morgan fingerprint density at radius 2 is 1.84 bits per heavy atom. The maximum Gasteiger partial charge on any atom is 0.410 e. The fourth-order valence-corrected chi connectivity index (χ4v) is 4.80. The summed E-state index contributed by atoms with van der Waals surface area (Å²) in [6, 6.07) is 0. The average molecular weight is 532 g/mol. The molecule has 1 N–H and O–H groups in total. The standard InChI is InChI=1S/C26H41N7O3S/c1-19-20(2)28-23(30-22(19)27-10-9-12-31(6)11-7-8-17-34)21-18-37-24(29-21)32-13-15-33(16-14-32)25(35)36-26(3,4)5/h17-18H,7-16H2,1-6H3,(H,27,28,30). The van der Waals surface area contributed by atoms with E-state index < -0.39 is 5.60 Å². The van der Waals surface area contributed by atoms with Gasteiger partial charge in [-0.05, 0) is 67.6 Å². The highest BCUT2D eigenvalue weighted by molar-refractivity contribution is 7.14. The summed E-state index contributed by atoms with van der Waals surface area (Å²) in [4.78, 5) is 43.3. The first-order valence-electron chi connectivity index (χ1n) is 13.0. The van der Waals surface area contributed by atoms with E-state index in [2.05, 4.69) is 22.2 Å². The number of amides is 1. The number of ether oxygens (including phenoxy) is 1. The molecule has 0 saturated carbocycles. The van der Waals surface area contributed by atoms with Crippen molar-refractivity contribution in [2.24, 2.45) is 0 Å². The zero-order valence-corrected chi connectivity index (χ0v) is 23.9. The van der Waals surface area contributed by atoms with Crippen molar-refractivity contribution >= 4 is 34.7 Å². The average Bonchev–Trinajstić information content (AvgIpc) is 3.34. The van der Waals surface area contributed by atoms with Crippen LogP contribution in [-0.4, -0.2) is 95.6 Å². The number of nitrogens with zero attached hydrogens (tertiary/aromatic N) is 6. The van der Waals surface area contributed by atoms with E-state index in [-0.39, 0.29) is 6.09 Å². The molecule has 1 amide bonds. The van der Waals surface area contributed by atoms with Crippen LogP contribution >= 0.6 is 11.3 Å². The number of hydrogen-bond acceptors (Lipinski definition) is 10. The molecular formula is C26H41N7O3S. The van der Waals surface area contributed by atoms with Crippen molar-refractivity contribution in [3.05, 3.63) is 16.6 Å². The number of hydrogen-bond donors (Lipinski definition) is 1. The van der Waals surface area contributed by atoms with Gasteiger partial charge in [0.05, 0.1) is 0 Å². The Hall–Kier alpha value is -2.79. The number of unbranched alkanes of at least 4 members (excludes halogenated alkanes) is 1. The van der Waals surface area contributed by atoms with Gasteiger partial charge in [0.2, 0.25) is 0 Å². The third-order valence-corrected chi connectivity index (χ3v) is 7.08. The van der Waals surface area contributed by atoms with E-state index in [4.69, 9.17) is 19.7 Å². The highest BCUT2D eigenvalue weighted by Crippen LogP contribution is 2.28. The minimum atomic E-state index is -0.494. The van der Waals surface area contributed by atoms with Crippen LogP contribution < -0.4 is 10.2 Å². The van der Waals surface area contributed by atoms with Crippen molar-refractivity contribution in [1.82, 2.24) is 24.8 Å². The normalized spacial score (nSPS) is 14.2. The van der Waals surface area contributed by atoms with Crippen molar-refractivity contribution in [3.63, 3.8) is 0 Å². The fourth-order valence-electron chi connectivity index (χ4n) is 3.95. The first-order chi connectivity index (χ1) is 17.6. The number of rotatable bonds is 11. The Bertz CT molecular complexity index is 1050. The highest BCUT2D eigenvalue weighted by Gasteiger charge is 2.27. The summed E-state index contributed by atoms with van der Waals surface area (Å²) >= 11 is 1.57. The van der Waals surface area contributed by atoms with Crippen molar-refractivity contribution in [1.29, 1.82) is 0 Å². The van der Waals surface area contributed by atoms with E-state index in [0.29, 0.717) is 38.4 Å². The molecule has 1 aliphatic rings. The lowest BCUT2D eigenvalue weighted by Crippen LogP contribution is -2.50. The molecule has 0 atom stereocenters. The van der Waals surface area contributed by atoms with E-state index in [9.17, 15) is 9.59 Å². The summed E-state index contributed by atoms with van der Waals surface area (Å²) in [6.45, 7) is 15.0. The second-order valence-corrected chi connectivity index (χ2v) is 11.3. The van der Waals surface area contributed by atoms with Gasteiger partial charge in [0.1, 0.15) is 23.4 Å². The quantitative estimate of drug-likeness (QED) is 0.340. The molecule has 204 valence electrons. The third-order valence-electron chi connectivity index (χ3n) is 6.18. The van der Waals surface area contributed by atoms with Gasteiger partial charge in [-0.2, -0.15) is 0 Å². The molecule has 0 aromatic carbocycles. The van der Waals surface area contributed by atoms with E-state index >= 15 is 0 Å². The lowest BCUT2D eigenvalue weighted by Gasteiger charge is -2.35. The van der Waals surface area contributed by atoms with Crippen molar-refractivity contribution in [3.8, 4) is 11.5 Å². The monoisotopic (exact) mass is 531 g/mol. The maximum atomic E-state index is 12.4. The second kappa shape index (κ2) is 13.1. The number of anilines is 2. The molecular weight excluding hydrogens is 490 g/mol. The van der Waals surface area contributed by atoms with Crippen molar-refractivity contribution in [2.45, 2.75) is 59.5 Å². The molecule has 0 radical (unpaired) electrons. The molecule has 1 fully saturated rings. The van der Waals surface area contributed by atoms with Gasteiger partial charge in [0.15, 0.2) is 11.0 Å². The zero-order valence-electron chi connectivity index (χ0n) is 23.0. The lowest BCUT2D eigenvalue weighted by molar-refractivity contribution is -0.108. The number of aromatic nitrogens is 3. The summed E-state index contributed by atoms with van der Waals surface area (Å²) in [5.41, 5.74) is 2.23. The van der Waals surface area contributed by atoms with Crippen LogP contribution in [0.4, 0.5) is 15.7 Å². The predicted molar refractivity (Wildman–Crippen MR) is 149 cm³/mol. The van der Waals surface area contributed by atoms with Crippen LogP contribution in [0, 0.1) is 13.8 Å². The Labute approximate surface area is 224 Å². The molecule has 1 aliphatic heterocycles. The molecule has 2 aromatic rings. The Morgan fingerprint density at radius 3 is 2.51 bits per heavy atom. The summed E-state index contributed by atoms with van der Waals surface area (Å²) < 4.78 is 5.50. The first kappa shape index (κ1) is 28.8. The van der Waals surface area contributed by atoms with Crippen molar-refractivity contribution in [2.75, 3.05) is 63.1 Å². The maximum absolute atomic E-state index is 12.4. The van der Waals surface area contributed by atoms with Crippen LogP contribution in [0.5, 0.6) is 0 Å². The molecule has 0 spiro atoms. The van der Waals surface area contributed by atoms with Crippen LogP contribution in [0.25, 0.3) is 11.5 Å². The number of carbonyl (C=O) groups excluding carboxylic acids is 2. The van der Waals surface area contributed by atoms with E-state index in [1.165, 1.54) is 0 Å². The number of thiazole rings is 1. The fraction of sp³-hybridized carbons (Fsp3) is 0.654. The molecule has 1 saturated heterocycles. The number of aryl methyl sites for hydroxylation is 1. The van der Waals surface area contributed by atoms with E-state index in [1.807, 2.05) is 40.0 Å². The van der Waals surface area contributed by atoms with Gasteiger partial charge in [-0.15, -0.1) is 11.3 Å². The number of nitrogens with one attached hydrogen (secondary N) is 1. The zero-order chi connectivity index (χ0) is 27.0. The first-order valence-corrected chi connectivity index (χ1v) is 13.9. The molecule has 3 rings (SSSR count). The van der Waals surface area contributed by atoms with Gasteiger partial charge in [0, 0.05) is 55.8 Å². The smallest absolute Gasteiger partial charge is 0.410 e. The molecule has 10 nitrogen and oxygen atoms in total. The Balaban J connectivity index is 1.56. The Morgan fingerprint density at radius 1 is 1.14 bits per heavy atom. The molecule has 37 heavy (non-hydrogen) atoms. The SMILES string of the molecule is Cc1nc(-c2csc(N3CCN(C(=O)OC(C)(C)C)CC3)n2)nc(NCCCN(C)CCCC=O)c1C. The van der Waals surface area contributed by atoms with Crippen LogP contribution in [0.2, 0.25) is 0 Å². The summed E-state index contributed by atoms with van der Waals surface area (Å²) in [6.07, 6.45) is 3.21. The summed E-state index contributed by atoms with van der Waals surface area (Å²) in [7, 11) is 2.08. The minimum Gasteiger partial charge on any atom is -0.444 e. The van der Waals surface area contributed by atoms with Gasteiger partial charge < -0.3 is 29.5 Å². The topological polar surface area (TPSA) is 104 Å². The Kier molecular flexibility index (Phi) is 10.2.